The first kappa shape index (κ1) is 11.1. The van der Waals surface area contributed by atoms with E-state index in [0.29, 0.717) is 5.56 Å². The number of aliphatic hydroxyl groups is 1. The number of amides is 1. The van der Waals surface area contributed by atoms with Crippen molar-refractivity contribution < 1.29 is 9.90 Å². The third-order valence-electron chi connectivity index (χ3n) is 1.68. The number of nitrogens with zero attached hydrogens (tertiary/aromatic N) is 2. The van der Waals surface area contributed by atoms with Crippen LogP contribution in [0, 0.1) is 11.3 Å². The third-order valence-corrected chi connectivity index (χ3v) is 1.68. The van der Waals surface area contributed by atoms with Crippen LogP contribution in [0.3, 0.4) is 0 Å². The summed E-state index contributed by atoms with van der Waals surface area (Å²) in [7, 11) is 0. The molecule has 0 aliphatic heterocycles. The first-order valence-corrected chi connectivity index (χ1v) is 4.46. The predicted molar refractivity (Wildman–Crippen MR) is 53.0 cm³/mol. The highest BCUT2D eigenvalue weighted by molar-refractivity contribution is 5.92. The second-order valence-corrected chi connectivity index (χ2v) is 3.10. The molecule has 0 saturated carbocycles. The number of hydrogen-bond acceptors (Lipinski definition) is 4. The number of carbonyl (C=O) groups is 1. The molecule has 5 heteroatoms. The second-order valence-electron chi connectivity index (χ2n) is 3.10. The molecule has 0 spiro atoms. The van der Waals surface area contributed by atoms with E-state index in [0.717, 1.165) is 0 Å². The van der Waals surface area contributed by atoms with Gasteiger partial charge in [0.05, 0.1) is 11.7 Å². The minimum absolute atomic E-state index is 0.181. The number of carbonyl (C=O) groups excluding carboxylic acids is 1. The molecule has 0 radical (unpaired) electrons. The fourth-order valence-electron chi connectivity index (χ4n) is 0.925. The molecule has 0 aliphatic rings. The summed E-state index contributed by atoms with van der Waals surface area (Å²) in [5, 5.41) is 20.0. The van der Waals surface area contributed by atoms with Gasteiger partial charge in [0.15, 0.2) is 0 Å². The Morgan fingerprint density at radius 3 is 2.93 bits per heavy atom. The zero-order valence-electron chi connectivity index (χ0n) is 8.27. The fourth-order valence-corrected chi connectivity index (χ4v) is 0.925. The molecule has 78 valence electrons. The van der Waals surface area contributed by atoms with Gasteiger partial charge in [0, 0.05) is 12.7 Å². The summed E-state index contributed by atoms with van der Waals surface area (Å²) in [6.07, 6.45) is 0.740. The maximum absolute atomic E-state index is 11.4. The van der Waals surface area contributed by atoms with Crippen LogP contribution in [0.5, 0.6) is 0 Å². The lowest BCUT2D eigenvalue weighted by Gasteiger charge is -2.05. The van der Waals surface area contributed by atoms with E-state index in [4.69, 9.17) is 10.4 Å². The maximum atomic E-state index is 11.4. The molecule has 5 nitrogen and oxygen atoms in total. The van der Waals surface area contributed by atoms with Gasteiger partial charge in [0.1, 0.15) is 11.8 Å². The Hall–Kier alpha value is -1.93. The molecule has 0 aromatic carbocycles. The topological polar surface area (TPSA) is 86.0 Å². The molecular weight excluding hydrogens is 194 g/mol. The summed E-state index contributed by atoms with van der Waals surface area (Å²) in [6.45, 7) is 1.76. The summed E-state index contributed by atoms with van der Waals surface area (Å²) in [5.41, 5.74) is 0.636. The standard InChI is InChI=1S/C10H11N3O2/c1-7(14)5-13-10(15)9-3-2-8(4-11)6-12-9/h2-3,6-7,14H,5H2,1H3,(H,13,15)/t7-/m1/s1. The Labute approximate surface area is 87.4 Å². The lowest BCUT2D eigenvalue weighted by molar-refractivity contribution is 0.0919. The minimum atomic E-state index is -0.590. The van der Waals surface area contributed by atoms with E-state index in [-0.39, 0.29) is 18.1 Å². The van der Waals surface area contributed by atoms with Crippen molar-refractivity contribution in [2.75, 3.05) is 6.54 Å². The monoisotopic (exact) mass is 205 g/mol. The summed E-state index contributed by atoms with van der Waals surface area (Å²) in [4.78, 5) is 15.2. The van der Waals surface area contributed by atoms with Gasteiger partial charge < -0.3 is 10.4 Å². The van der Waals surface area contributed by atoms with E-state index in [1.165, 1.54) is 18.3 Å². The molecule has 1 aromatic heterocycles. The van der Waals surface area contributed by atoms with Crippen LogP contribution in [-0.2, 0) is 0 Å². The van der Waals surface area contributed by atoms with Crippen molar-refractivity contribution >= 4 is 5.91 Å². The number of aromatic nitrogens is 1. The normalized spacial score (nSPS) is 11.5. The van der Waals surface area contributed by atoms with Crippen molar-refractivity contribution in [2.45, 2.75) is 13.0 Å². The molecule has 1 rings (SSSR count). The number of aliphatic hydroxyl groups excluding tert-OH is 1. The van der Waals surface area contributed by atoms with E-state index in [1.807, 2.05) is 6.07 Å². The maximum Gasteiger partial charge on any atom is 0.269 e. The minimum Gasteiger partial charge on any atom is -0.392 e. The fraction of sp³-hybridized carbons (Fsp3) is 0.300. The first-order valence-electron chi connectivity index (χ1n) is 4.46. The quantitative estimate of drug-likeness (QED) is 0.730. The van der Waals surface area contributed by atoms with Gasteiger partial charge in [-0.1, -0.05) is 0 Å². The Balaban J connectivity index is 2.63. The van der Waals surface area contributed by atoms with Gasteiger partial charge in [0.2, 0.25) is 0 Å². The first-order chi connectivity index (χ1) is 7.13. The molecular formula is C10H11N3O2. The van der Waals surface area contributed by atoms with Crippen molar-refractivity contribution in [2.24, 2.45) is 0 Å². The highest BCUT2D eigenvalue weighted by Crippen LogP contribution is 1.98. The van der Waals surface area contributed by atoms with E-state index >= 15 is 0 Å². The zero-order valence-corrected chi connectivity index (χ0v) is 8.27. The van der Waals surface area contributed by atoms with Crippen LogP contribution in [-0.4, -0.2) is 28.6 Å². The average Bonchev–Trinajstić information content (AvgIpc) is 2.26. The third kappa shape index (κ3) is 3.37. The molecule has 1 aromatic rings. The van der Waals surface area contributed by atoms with Gasteiger partial charge in [0.25, 0.3) is 5.91 Å². The largest absolute Gasteiger partial charge is 0.392 e. The van der Waals surface area contributed by atoms with Crippen molar-refractivity contribution in [1.29, 1.82) is 5.26 Å². The molecule has 15 heavy (non-hydrogen) atoms. The molecule has 0 saturated heterocycles. The van der Waals surface area contributed by atoms with E-state index < -0.39 is 6.10 Å². The van der Waals surface area contributed by atoms with Crippen molar-refractivity contribution in [1.82, 2.24) is 10.3 Å². The molecule has 0 bridgehead atoms. The Bertz CT molecular complexity index is 379. The highest BCUT2D eigenvalue weighted by Gasteiger charge is 2.07. The van der Waals surface area contributed by atoms with Gasteiger partial charge in [-0.15, -0.1) is 0 Å². The smallest absolute Gasteiger partial charge is 0.269 e. The number of hydrogen-bond donors (Lipinski definition) is 2. The van der Waals surface area contributed by atoms with Crippen LogP contribution in [0.1, 0.15) is 23.0 Å². The zero-order chi connectivity index (χ0) is 11.3. The van der Waals surface area contributed by atoms with Crippen LogP contribution >= 0.6 is 0 Å². The number of pyridine rings is 1. The summed E-state index contributed by atoms with van der Waals surface area (Å²) >= 11 is 0. The Morgan fingerprint density at radius 2 is 2.47 bits per heavy atom. The SMILES string of the molecule is C[C@@H](O)CNC(=O)c1ccc(C#N)cn1. The molecule has 0 unspecified atom stereocenters. The van der Waals surface area contributed by atoms with Crippen molar-refractivity contribution in [3.63, 3.8) is 0 Å². The van der Waals surface area contributed by atoms with E-state index in [1.54, 1.807) is 6.92 Å². The summed E-state index contributed by atoms with van der Waals surface area (Å²) in [6, 6.07) is 4.90. The molecule has 1 amide bonds. The van der Waals surface area contributed by atoms with E-state index in [2.05, 4.69) is 10.3 Å². The van der Waals surface area contributed by atoms with Crippen LogP contribution in [0.2, 0.25) is 0 Å². The molecule has 1 heterocycles. The number of nitrogens with one attached hydrogen (secondary N) is 1. The average molecular weight is 205 g/mol. The summed E-state index contributed by atoms with van der Waals surface area (Å²) in [5.74, 6) is -0.361. The van der Waals surface area contributed by atoms with Gasteiger partial charge in [-0.05, 0) is 19.1 Å². The van der Waals surface area contributed by atoms with Gasteiger partial charge >= 0.3 is 0 Å². The highest BCUT2D eigenvalue weighted by atomic mass is 16.3. The van der Waals surface area contributed by atoms with E-state index in [9.17, 15) is 4.79 Å². The van der Waals surface area contributed by atoms with Crippen LogP contribution in [0.4, 0.5) is 0 Å². The predicted octanol–water partition coefficient (Wildman–Crippen LogP) is 0.0639. The van der Waals surface area contributed by atoms with Gasteiger partial charge in [-0.2, -0.15) is 5.26 Å². The van der Waals surface area contributed by atoms with Crippen LogP contribution in [0.25, 0.3) is 0 Å². The molecule has 1 atom stereocenters. The number of nitriles is 1. The van der Waals surface area contributed by atoms with Crippen molar-refractivity contribution in [3.8, 4) is 6.07 Å². The van der Waals surface area contributed by atoms with Crippen LogP contribution < -0.4 is 5.32 Å². The molecule has 0 fully saturated rings. The lowest BCUT2D eigenvalue weighted by atomic mass is 10.2. The van der Waals surface area contributed by atoms with Gasteiger partial charge in [-0.25, -0.2) is 4.98 Å². The lowest BCUT2D eigenvalue weighted by Crippen LogP contribution is -2.31. The second kappa shape index (κ2) is 5.08. The molecule has 0 aliphatic carbocycles. The van der Waals surface area contributed by atoms with Crippen LogP contribution in [0.15, 0.2) is 18.3 Å². The Kier molecular flexibility index (Phi) is 3.77. The summed E-state index contributed by atoms with van der Waals surface area (Å²) < 4.78 is 0. The van der Waals surface area contributed by atoms with Crippen molar-refractivity contribution in [3.05, 3.63) is 29.6 Å². The van der Waals surface area contributed by atoms with Gasteiger partial charge in [-0.3, -0.25) is 4.79 Å². The molecule has 2 N–H and O–H groups in total. The Morgan fingerprint density at radius 1 is 1.73 bits per heavy atom. The number of rotatable bonds is 3.